The van der Waals surface area contributed by atoms with Crippen LogP contribution in [0.3, 0.4) is 0 Å². The molecule has 2 aromatic carbocycles. The molecular formula is C27H30N4O4S. The maximum absolute atomic E-state index is 12.7. The highest BCUT2D eigenvalue weighted by atomic mass is 32.2. The summed E-state index contributed by atoms with van der Waals surface area (Å²) in [5.74, 6) is 1.89. The second-order valence-corrected chi connectivity index (χ2v) is 10.0. The van der Waals surface area contributed by atoms with E-state index in [2.05, 4.69) is 30.0 Å². The number of amidine groups is 2. The van der Waals surface area contributed by atoms with Gasteiger partial charge in [-0.3, -0.25) is 10.2 Å². The van der Waals surface area contributed by atoms with Crippen LogP contribution < -0.4 is 14.2 Å². The number of rotatable bonds is 9. The van der Waals surface area contributed by atoms with Gasteiger partial charge in [0.2, 0.25) is 5.17 Å². The minimum Gasteiger partial charge on any atom is -0.493 e. The van der Waals surface area contributed by atoms with E-state index >= 15 is 0 Å². The second-order valence-electron chi connectivity index (χ2n) is 8.99. The SMILES string of the molecule is COc1cc(/C=C2\C(=N)N3N=C(CC(C)C)SC3=NC2=O)ccc1OCCOc1ccc(C)cc1C. The van der Waals surface area contributed by atoms with E-state index < -0.39 is 5.91 Å². The number of amides is 1. The number of aryl methyl sites for hydroxylation is 2. The number of carbonyl (C=O) groups is 1. The van der Waals surface area contributed by atoms with Gasteiger partial charge in [-0.15, -0.1) is 0 Å². The number of aliphatic imine (C=N–C) groups is 1. The molecule has 0 bridgehead atoms. The van der Waals surface area contributed by atoms with Crippen molar-refractivity contribution in [2.45, 2.75) is 34.1 Å². The van der Waals surface area contributed by atoms with E-state index in [-0.39, 0.29) is 11.4 Å². The first-order valence-corrected chi connectivity index (χ1v) is 12.6. The minimum absolute atomic E-state index is 0.0131. The smallest absolute Gasteiger partial charge is 0.283 e. The van der Waals surface area contributed by atoms with Crippen LogP contribution in [0.2, 0.25) is 0 Å². The van der Waals surface area contributed by atoms with E-state index in [4.69, 9.17) is 19.6 Å². The molecule has 0 saturated carbocycles. The van der Waals surface area contributed by atoms with Crippen LogP contribution in [-0.4, -0.2) is 47.3 Å². The molecule has 2 aliphatic heterocycles. The third-order valence-corrected chi connectivity index (χ3v) is 6.44. The molecule has 0 saturated heterocycles. The van der Waals surface area contributed by atoms with Crippen LogP contribution in [-0.2, 0) is 4.79 Å². The van der Waals surface area contributed by atoms with Gasteiger partial charge in [0.1, 0.15) is 24.0 Å². The average molecular weight is 507 g/mol. The van der Waals surface area contributed by atoms with Gasteiger partial charge < -0.3 is 14.2 Å². The Morgan fingerprint density at radius 2 is 1.78 bits per heavy atom. The minimum atomic E-state index is -0.456. The van der Waals surface area contributed by atoms with E-state index in [1.54, 1.807) is 25.3 Å². The Balaban J connectivity index is 1.43. The maximum atomic E-state index is 12.7. The number of carbonyl (C=O) groups excluding carboxylic acids is 1. The van der Waals surface area contributed by atoms with Crippen molar-refractivity contribution in [3.05, 3.63) is 58.7 Å². The number of hydrogen-bond donors (Lipinski definition) is 1. The normalized spacial score (nSPS) is 16.3. The van der Waals surface area contributed by atoms with Crippen LogP contribution in [0.15, 0.2) is 52.1 Å². The highest BCUT2D eigenvalue weighted by Gasteiger charge is 2.35. The summed E-state index contributed by atoms with van der Waals surface area (Å²) in [6.45, 7) is 8.99. The lowest BCUT2D eigenvalue weighted by molar-refractivity contribution is -0.114. The van der Waals surface area contributed by atoms with Crippen LogP contribution in [0.4, 0.5) is 0 Å². The monoisotopic (exact) mass is 506 g/mol. The standard InChI is InChI=1S/C27H30N4O4S/c1-16(2)12-24-30-31-25(28)20(26(32)29-27(31)36-24)14-19-7-9-22(23(15-19)33-5)35-11-10-34-21-8-6-17(3)13-18(21)4/h6-9,13-16,28H,10-12H2,1-5H3/b20-14+,28-25?. The first-order chi connectivity index (χ1) is 17.2. The number of hydrogen-bond acceptors (Lipinski definition) is 7. The molecule has 0 fully saturated rings. The second kappa shape index (κ2) is 11.0. The molecule has 0 radical (unpaired) electrons. The number of ether oxygens (including phenoxy) is 3. The lowest BCUT2D eigenvalue weighted by atomic mass is 10.1. The van der Waals surface area contributed by atoms with Crippen molar-refractivity contribution in [3.8, 4) is 17.2 Å². The Morgan fingerprint density at radius 3 is 2.47 bits per heavy atom. The third-order valence-electron chi connectivity index (χ3n) is 5.51. The van der Waals surface area contributed by atoms with Crippen molar-refractivity contribution >= 4 is 39.8 Å². The first-order valence-electron chi connectivity index (χ1n) is 11.7. The molecule has 9 heteroatoms. The van der Waals surface area contributed by atoms with Crippen molar-refractivity contribution in [2.75, 3.05) is 20.3 Å². The fourth-order valence-corrected chi connectivity index (χ4v) is 4.88. The summed E-state index contributed by atoms with van der Waals surface area (Å²) in [5, 5.41) is 15.7. The van der Waals surface area contributed by atoms with E-state index in [1.807, 2.05) is 32.0 Å². The molecule has 188 valence electrons. The summed E-state index contributed by atoms with van der Waals surface area (Å²) in [5.41, 5.74) is 3.14. The van der Waals surface area contributed by atoms with Crippen molar-refractivity contribution < 1.29 is 19.0 Å². The summed E-state index contributed by atoms with van der Waals surface area (Å²) in [6.07, 6.45) is 2.40. The van der Waals surface area contributed by atoms with Gasteiger partial charge in [-0.25, -0.2) is 0 Å². The number of thioether (sulfide) groups is 1. The maximum Gasteiger partial charge on any atom is 0.283 e. The topological polar surface area (TPSA) is 96.6 Å². The first kappa shape index (κ1) is 25.5. The number of nitrogens with one attached hydrogen (secondary N) is 1. The van der Waals surface area contributed by atoms with Gasteiger partial charge in [0.15, 0.2) is 17.3 Å². The Labute approximate surface area is 215 Å². The fourth-order valence-electron chi connectivity index (χ4n) is 3.79. The number of hydrazone groups is 1. The predicted molar refractivity (Wildman–Crippen MR) is 144 cm³/mol. The van der Waals surface area contributed by atoms with Gasteiger partial charge in [-0.1, -0.05) is 37.6 Å². The quantitative estimate of drug-likeness (QED) is 0.360. The molecule has 36 heavy (non-hydrogen) atoms. The van der Waals surface area contributed by atoms with Crippen molar-refractivity contribution in [1.29, 1.82) is 5.41 Å². The Morgan fingerprint density at radius 1 is 1.06 bits per heavy atom. The van der Waals surface area contributed by atoms with Gasteiger partial charge in [-0.05, 0) is 66.9 Å². The molecule has 2 aromatic rings. The van der Waals surface area contributed by atoms with Crippen LogP contribution in [0.25, 0.3) is 6.08 Å². The lowest BCUT2D eigenvalue weighted by Gasteiger charge is -2.20. The zero-order chi connectivity index (χ0) is 25.8. The lowest BCUT2D eigenvalue weighted by Crippen LogP contribution is -2.35. The van der Waals surface area contributed by atoms with Gasteiger partial charge in [0, 0.05) is 6.42 Å². The van der Waals surface area contributed by atoms with Gasteiger partial charge in [-0.2, -0.15) is 15.1 Å². The molecule has 0 spiro atoms. The highest BCUT2D eigenvalue weighted by Crippen LogP contribution is 2.32. The van der Waals surface area contributed by atoms with E-state index in [0.29, 0.717) is 41.4 Å². The van der Waals surface area contributed by atoms with E-state index in [9.17, 15) is 4.79 Å². The number of methoxy groups -OCH3 is 1. The molecular weight excluding hydrogens is 476 g/mol. The highest BCUT2D eigenvalue weighted by molar-refractivity contribution is 8.26. The van der Waals surface area contributed by atoms with Crippen LogP contribution in [0.1, 0.15) is 37.0 Å². The number of fused-ring (bicyclic) bond motifs is 1. The van der Waals surface area contributed by atoms with Gasteiger partial charge in [0.25, 0.3) is 5.91 Å². The molecule has 0 aliphatic carbocycles. The summed E-state index contributed by atoms with van der Waals surface area (Å²) in [6, 6.07) is 11.4. The molecule has 0 atom stereocenters. The molecule has 8 nitrogen and oxygen atoms in total. The molecule has 1 amide bonds. The molecule has 1 N–H and O–H groups in total. The Bertz CT molecular complexity index is 1280. The van der Waals surface area contributed by atoms with E-state index in [1.165, 1.54) is 22.3 Å². The fraction of sp³-hybridized carbons (Fsp3) is 0.333. The zero-order valence-electron chi connectivity index (χ0n) is 21.1. The summed E-state index contributed by atoms with van der Waals surface area (Å²) >= 11 is 1.35. The zero-order valence-corrected chi connectivity index (χ0v) is 21.9. The number of nitrogens with zero attached hydrogens (tertiary/aromatic N) is 3. The summed E-state index contributed by atoms with van der Waals surface area (Å²) in [7, 11) is 1.56. The van der Waals surface area contributed by atoms with Gasteiger partial charge >= 0.3 is 0 Å². The molecule has 4 rings (SSSR count). The van der Waals surface area contributed by atoms with Crippen LogP contribution in [0, 0.1) is 25.2 Å². The Hall–Kier alpha value is -3.59. The van der Waals surface area contributed by atoms with Crippen molar-refractivity contribution in [3.63, 3.8) is 0 Å². The largest absolute Gasteiger partial charge is 0.493 e. The van der Waals surface area contributed by atoms with Gasteiger partial charge in [0.05, 0.1) is 12.7 Å². The van der Waals surface area contributed by atoms with Crippen molar-refractivity contribution in [2.24, 2.45) is 16.0 Å². The number of benzene rings is 2. The molecule has 2 heterocycles. The Kier molecular flexibility index (Phi) is 7.79. The third kappa shape index (κ3) is 5.79. The molecule has 0 unspecified atom stereocenters. The molecule has 0 aromatic heterocycles. The van der Waals surface area contributed by atoms with E-state index in [0.717, 1.165) is 22.8 Å². The van der Waals surface area contributed by atoms with Crippen LogP contribution >= 0.6 is 11.8 Å². The van der Waals surface area contributed by atoms with Crippen molar-refractivity contribution in [1.82, 2.24) is 5.01 Å². The predicted octanol–water partition coefficient (Wildman–Crippen LogP) is 5.44. The average Bonchev–Trinajstić information content (AvgIpc) is 3.22. The summed E-state index contributed by atoms with van der Waals surface area (Å²) in [4.78, 5) is 16.8. The molecule has 2 aliphatic rings. The summed E-state index contributed by atoms with van der Waals surface area (Å²) < 4.78 is 17.2. The van der Waals surface area contributed by atoms with Crippen LogP contribution in [0.5, 0.6) is 17.2 Å².